The Balaban J connectivity index is 3.83. The first-order chi connectivity index (χ1) is 6.11. The quantitative estimate of drug-likeness (QED) is 0.511. The lowest BCUT2D eigenvalue weighted by atomic mass is 10.2. The molecule has 3 heteroatoms. The zero-order valence-electron chi connectivity index (χ0n) is 9.17. The van der Waals surface area contributed by atoms with E-state index in [9.17, 15) is 5.11 Å². The van der Waals surface area contributed by atoms with Gasteiger partial charge in [0.25, 0.3) is 0 Å². The molecule has 0 radical (unpaired) electrons. The van der Waals surface area contributed by atoms with Gasteiger partial charge in [0.05, 0.1) is 6.10 Å². The summed E-state index contributed by atoms with van der Waals surface area (Å²) in [4.78, 5) is -0.692. The third-order valence-corrected chi connectivity index (χ3v) is 3.61. The van der Waals surface area contributed by atoms with E-state index < -0.39 is 4.93 Å². The first-order valence-corrected chi connectivity index (χ1v) is 5.92. The second kappa shape index (κ2) is 6.68. The van der Waals surface area contributed by atoms with Crippen molar-refractivity contribution in [2.75, 3.05) is 0 Å². The normalized spacial score (nSPS) is 12.5. The molecule has 0 heterocycles. The second-order valence-electron chi connectivity index (χ2n) is 3.27. The Morgan fingerprint density at radius 3 is 1.92 bits per heavy atom. The Morgan fingerprint density at radius 2 is 1.62 bits per heavy atom. The van der Waals surface area contributed by atoms with Crippen molar-refractivity contribution >= 4 is 12.0 Å². The van der Waals surface area contributed by atoms with E-state index in [0.29, 0.717) is 0 Å². The van der Waals surface area contributed by atoms with Gasteiger partial charge in [-0.15, -0.1) is 0 Å². The summed E-state index contributed by atoms with van der Waals surface area (Å²) < 4.78 is 5.55. The molecule has 0 aromatic rings. The summed E-state index contributed by atoms with van der Waals surface area (Å²) in [5, 5.41) is 9.91. The molecular formula is C10H22O2S. The van der Waals surface area contributed by atoms with Crippen LogP contribution in [0, 0.1) is 0 Å². The van der Waals surface area contributed by atoms with Gasteiger partial charge in [0.15, 0.2) is 0 Å². The van der Waals surface area contributed by atoms with Crippen LogP contribution in [0.4, 0.5) is 0 Å². The van der Waals surface area contributed by atoms with Crippen molar-refractivity contribution in [2.45, 2.75) is 64.4 Å². The highest BCUT2D eigenvalue weighted by Crippen LogP contribution is 2.32. The van der Waals surface area contributed by atoms with Gasteiger partial charge >= 0.3 is 0 Å². The lowest BCUT2D eigenvalue weighted by Crippen LogP contribution is -2.23. The Morgan fingerprint density at radius 1 is 1.15 bits per heavy atom. The minimum absolute atomic E-state index is 0.273. The second-order valence-corrected chi connectivity index (χ2v) is 4.39. The van der Waals surface area contributed by atoms with E-state index in [0.717, 1.165) is 25.7 Å². The molecule has 1 N–H and O–H groups in total. The van der Waals surface area contributed by atoms with Gasteiger partial charge in [0.2, 0.25) is 0 Å². The topological polar surface area (TPSA) is 29.5 Å². The van der Waals surface area contributed by atoms with E-state index in [-0.39, 0.29) is 6.10 Å². The summed E-state index contributed by atoms with van der Waals surface area (Å²) in [7, 11) is 0. The Kier molecular flexibility index (Phi) is 6.82. The molecule has 0 saturated heterocycles. The lowest BCUT2D eigenvalue weighted by Gasteiger charge is -2.25. The van der Waals surface area contributed by atoms with Crippen LogP contribution in [-0.4, -0.2) is 16.1 Å². The molecule has 0 rings (SSSR count). The Bertz CT molecular complexity index is 120. The molecule has 0 bridgehead atoms. The minimum Gasteiger partial charge on any atom is -0.377 e. The molecule has 0 aliphatic carbocycles. The van der Waals surface area contributed by atoms with Gasteiger partial charge in [0, 0.05) is 12.0 Å². The largest absolute Gasteiger partial charge is 0.377 e. The highest BCUT2D eigenvalue weighted by atomic mass is 32.2. The van der Waals surface area contributed by atoms with Crippen LogP contribution in [0.15, 0.2) is 0 Å². The molecule has 0 spiro atoms. The molecule has 0 amide bonds. The van der Waals surface area contributed by atoms with Crippen molar-refractivity contribution in [2.24, 2.45) is 0 Å². The predicted molar refractivity (Wildman–Crippen MR) is 58.6 cm³/mol. The van der Waals surface area contributed by atoms with E-state index in [4.69, 9.17) is 4.18 Å². The van der Waals surface area contributed by atoms with E-state index in [1.165, 1.54) is 12.0 Å². The van der Waals surface area contributed by atoms with Crippen LogP contribution in [0.5, 0.6) is 0 Å². The Hall–Kier alpha value is 0.270. The van der Waals surface area contributed by atoms with E-state index >= 15 is 0 Å². The van der Waals surface area contributed by atoms with Crippen LogP contribution in [-0.2, 0) is 4.18 Å². The summed E-state index contributed by atoms with van der Waals surface area (Å²) in [5.41, 5.74) is 0. The third-order valence-electron chi connectivity index (χ3n) is 2.35. The van der Waals surface area contributed by atoms with Crippen molar-refractivity contribution in [3.63, 3.8) is 0 Å². The fourth-order valence-corrected chi connectivity index (χ4v) is 1.77. The fourth-order valence-electron chi connectivity index (χ4n) is 0.950. The van der Waals surface area contributed by atoms with Gasteiger partial charge in [-0.3, -0.25) is 0 Å². The maximum atomic E-state index is 9.91. The van der Waals surface area contributed by atoms with Gasteiger partial charge in [-0.25, -0.2) is 0 Å². The highest BCUT2D eigenvalue weighted by molar-refractivity contribution is 7.95. The van der Waals surface area contributed by atoms with Crippen molar-refractivity contribution < 1.29 is 9.29 Å². The molecular weight excluding hydrogens is 184 g/mol. The van der Waals surface area contributed by atoms with Crippen molar-refractivity contribution in [1.82, 2.24) is 0 Å². The molecule has 0 aliphatic rings. The first-order valence-electron chi connectivity index (χ1n) is 5.18. The predicted octanol–water partition coefficient (Wildman–Crippen LogP) is 3.35. The van der Waals surface area contributed by atoms with Crippen LogP contribution in [0.25, 0.3) is 0 Å². The highest BCUT2D eigenvalue weighted by Gasteiger charge is 2.25. The lowest BCUT2D eigenvalue weighted by molar-refractivity contribution is 0.109. The SMILES string of the molecule is CCC(CC)OSC(O)(CC)CC. The van der Waals surface area contributed by atoms with E-state index in [2.05, 4.69) is 13.8 Å². The average Bonchev–Trinajstić information content (AvgIpc) is 2.19. The minimum atomic E-state index is -0.692. The van der Waals surface area contributed by atoms with Crippen LogP contribution < -0.4 is 0 Å². The molecule has 0 unspecified atom stereocenters. The molecule has 0 atom stereocenters. The molecule has 2 nitrogen and oxygen atoms in total. The summed E-state index contributed by atoms with van der Waals surface area (Å²) in [6, 6.07) is 0. The number of hydrogen-bond donors (Lipinski definition) is 1. The molecule has 0 aromatic heterocycles. The van der Waals surface area contributed by atoms with Crippen molar-refractivity contribution in [3.8, 4) is 0 Å². The maximum absolute atomic E-state index is 9.91. The van der Waals surface area contributed by atoms with Crippen molar-refractivity contribution in [1.29, 1.82) is 0 Å². The van der Waals surface area contributed by atoms with Gasteiger partial charge < -0.3 is 9.29 Å². The zero-order chi connectivity index (χ0) is 10.3. The van der Waals surface area contributed by atoms with Gasteiger partial charge in [-0.1, -0.05) is 27.7 Å². The zero-order valence-corrected chi connectivity index (χ0v) is 9.99. The molecule has 0 saturated carbocycles. The number of rotatable bonds is 7. The maximum Gasteiger partial charge on any atom is 0.135 e. The molecule has 13 heavy (non-hydrogen) atoms. The molecule has 80 valence electrons. The van der Waals surface area contributed by atoms with Gasteiger partial charge in [-0.05, 0) is 25.7 Å². The van der Waals surface area contributed by atoms with Crippen LogP contribution >= 0.6 is 12.0 Å². The number of hydrogen-bond acceptors (Lipinski definition) is 3. The van der Waals surface area contributed by atoms with Gasteiger partial charge in [-0.2, -0.15) is 0 Å². The summed E-state index contributed by atoms with van der Waals surface area (Å²) >= 11 is 1.24. The summed E-state index contributed by atoms with van der Waals surface area (Å²) in [5.74, 6) is 0. The van der Waals surface area contributed by atoms with Gasteiger partial charge in [0.1, 0.15) is 4.93 Å². The van der Waals surface area contributed by atoms with Crippen LogP contribution in [0.1, 0.15) is 53.4 Å². The van der Waals surface area contributed by atoms with E-state index in [1.807, 2.05) is 13.8 Å². The monoisotopic (exact) mass is 206 g/mol. The standard InChI is InChI=1S/C10H22O2S/c1-5-9(6-2)12-13-10(11,7-3)8-4/h9,11H,5-8H2,1-4H3. The molecule has 0 fully saturated rings. The van der Waals surface area contributed by atoms with E-state index in [1.54, 1.807) is 0 Å². The third kappa shape index (κ3) is 4.89. The molecule has 0 aliphatic heterocycles. The fraction of sp³-hybridized carbons (Fsp3) is 1.00. The summed E-state index contributed by atoms with van der Waals surface area (Å²) in [6.45, 7) is 8.16. The first kappa shape index (κ1) is 13.3. The van der Waals surface area contributed by atoms with Crippen molar-refractivity contribution in [3.05, 3.63) is 0 Å². The van der Waals surface area contributed by atoms with Crippen LogP contribution in [0.2, 0.25) is 0 Å². The molecule has 0 aromatic carbocycles. The Labute approximate surface area is 86.3 Å². The number of aliphatic hydroxyl groups is 1. The smallest absolute Gasteiger partial charge is 0.135 e. The van der Waals surface area contributed by atoms with Crippen LogP contribution in [0.3, 0.4) is 0 Å². The average molecular weight is 206 g/mol. The summed E-state index contributed by atoms with van der Waals surface area (Å²) in [6.07, 6.45) is 3.75.